The fourth-order valence-corrected chi connectivity index (χ4v) is 4.27. The molecule has 6 heteroatoms. The van der Waals surface area contributed by atoms with Crippen LogP contribution in [0, 0.1) is 5.82 Å². The lowest BCUT2D eigenvalue weighted by atomic mass is 9.97. The zero-order valence-corrected chi connectivity index (χ0v) is 14.7. The first-order valence-corrected chi connectivity index (χ1v) is 9.14. The number of halogens is 1. The van der Waals surface area contributed by atoms with E-state index >= 15 is 0 Å². The van der Waals surface area contributed by atoms with Crippen molar-refractivity contribution in [2.45, 2.75) is 18.4 Å². The third-order valence-electron chi connectivity index (χ3n) is 4.42. The second kappa shape index (κ2) is 8.66. The SMILES string of the molecule is CN(C)[C@]1(CNCC(=O)NCCc2ccc(F)cc2)CCSC1. The largest absolute Gasteiger partial charge is 0.355 e. The maximum atomic E-state index is 12.8. The summed E-state index contributed by atoms with van der Waals surface area (Å²) in [5.41, 5.74) is 1.19. The average Bonchev–Trinajstić information content (AvgIpc) is 2.99. The van der Waals surface area contributed by atoms with Crippen LogP contribution in [-0.2, 0) is 11.2 Å². The predicted molar refractivity (Wildman–Crippen MR) is 94.3 cm³/mol. The van der Waals surface area contributed by atoms with Gasteiger partial charge in [0, 0.05) is 24.4 Å². The molecule has 23 heavy (non-hydrogen) atoms. The molecule has 1 aliphatic rings. The molecule has 0 unspecified atom stereocenters. The number of hydrogen-bond acceptors (Lipinski definition) is 4. The van der Waals surface area contributed by atoms with E-state index in [-0.39, 0.29) is 17.3 Å². The number of amides is 1. The Balaban J connectivity index is 1.64. The average molecular weight is 339 g/mol. The Morgan fingerprint density at radius 2 is 2.09 bits per heavy atom. The zero-order valence-electron chi connectivity index (χ0n) is 13.9. The second-order valence-corrected chi connectivity index (χ2v) is 7.36. The van der Waals surface area contributed by atoms with E-state index in [1.54, 1.807) is 12.1 Å². The quantitative estimate of drug-likeness (QED) is 0.754. The Morgan fingerprint density at radius 3 is 2.70 bits per heavy atom. The van der Waals surface area contributed by atoms with Gasteiger partial charge < -0.3 is 15.5 Å². The van der Waals surface area contributed by atoms with Gasteiger partial charge in [-0.3, -0.25) is 4.79 Å². The maximum Gasteiger partial charge on any atom is 0.233 e. The van der Waals surface area contributed by atoms with Gasteiger partial charge in [-0.25, -0.2) is 4.39 Å². The Hall–Kier alpha value is -1.11. The molecule has 1 atom stereocenters. The molecule has 0 radical (unpaired) electrons. The van der Waals surface area contributed by atoms with Gasteiger partial charge in [0.2, 0.25) is 5.91 Å². The van der Waals surface area contributed by atoms with Crippen molar-refractivity contribution in [2.75, 3.05) is 45.2 Å². The predicted octanol–water partition coefficient (Wildman–Crippen LogP) is 1.51. The number of thioether (sulfide) groups is 1. The van der Waals surface area contributed by atoms with Crippen molar-refractivity contribution in [1.29, 1.82) is 0 Å². The summed E-state index contributed by atoms with van der Waals surface area (Å²) in [5, 5.41) is 6.19. The fourth-order valence-electron chi connectivity index (χ4n) is 2.72. The molecule has 2 rings (SSSR count). The van der Waals surface area contributed by atoms with Gasteiger partial charge in [-0.15, -0.1) is 0 Å². The van der Waals surface area contributed by atoms with Gasteiger partial charge in [-0.1, -0.05) is 12.1 Å². The minimum atomic E-state index is -0.234. The molecule has 1 aromatic carbocycles. The number of carbonyl (C=O) groups excluding carboxylic acids is 1. The highest BCUT2D eigenvalue weighted by atomic mass is 32.2. The van der Waals surface area contributed by atoms with Gasteiger partial charge in [-0.05, 0) is 50.4 Å². The summed E-state index contributed by atoms with van der Waals surface area (Å²) in [6.45, 7) is 1.74. The van der Waals surface area contributed by atoms with Crippen molar-refractivity contribution < 1.29 is 9.18 Å². The van der Waals surface area contributed by atoms with E-state index in [9.17, 15) is 9.18 Å². The molecule has 0 bridgehead atoms. The third kappa shape index (κ3) is 5.48. The van der Waals surface area contributed by atoms with Crippen molar-refractivity contribution in [3.63, 3.8) is 0 Å². The third-order valence-corrected chi connectivity index (χ3v) is 5.65. The summed E-state index contributed by atoms with van der Waals surface area (Å²) in [6.07, 6.45) is 1.87. The number of hydrogen-bond donors (Lipinski definition) is 2. The van der Waals surface area contributed by atoms with Crippen LogP contribution in [0.4, 0.5) is 4.39 Å². The molecule has 1 aromatic rings. The van der Waals surface area contributed by atoms with E-state index < -0.39 is 0 Å². The summed E-state index contributed by atoms with van der Waals surface area (Å²) in [5.74, 6) is 2.07. The van der Waals surface area contributed by atoms with Crippen LogP contribution in [0.1, 0.15) is 12.0 Å². The summed E-state index contributed by atoms with van der Waals surface area (Å²) < 4.78 is 12.8. The molecule has 0 spiro atoms. The number of carbonyl (C=O) groups is 1. The first kappa shape index (κ1) is 18.2. The number of likely N-dealkylation sites (N-methyl/N-ethyl adjacent to an activating group) is 1. The minimum Gasteiger partial charge on any atom is -0.355 e. The summed E-state index contributed by atoms with van der Waals surface area (Å²) in [7, 11) is 4.21. The van der Waals surface area contributed by atoms with E-state index in [1.165, 1.54) is 17.9 Å². The maximum absolute atomic E-state index is 12.8. The molecule has 1 saturated heterocycles. The molecule has 1 amide bonds. The molecule has 0 aromatic heterocycles. The summed E-state index contributed by atoms with van der Waals surface area (Å²) >= 11 is 1.97. The Kier molecular flexibility index (Phi) is 6.87. The Labute approximate surface area is 142 Å². The summed E-state index contributed by atoms with van der Waals surface area (Å²) in [4.78, 5) is 14.2. The molecular weight excluding hydrogens is 313 g/mol. The lowest BCUT2D eigenvalue weighted by Crippen LogP contribution is -2.53. The van der Waals surface area contributed by atoms with E-state index in [0.29, 0.717) is 19.5 Å². The van der Waals surface area contributed by atoms with E-state index in [4.69, 9.17) is 0 Å². The molecule has 4 nitrogen and oxygen atoms in total. The second-order valence-electron chi connectivity index (χ2n) is 6.25. The molecular formula is C17H26FN3OS. The van der Waals surface area contributed by atoms with Crippen LogP contribution >= 0.6 is 11.8 Å². The number of rotatable bonds is 8. The molecule has 1 heterocycles. The number of nitrogens with zero attached hydrogens (tertiary/aromatic N) is 1. The molecule has 0 aliphatic carbocycles. The Bertz CT molecular complexity index is 501. The number of benzene rings is 1. The molecule has 1 fully saturated rings. The monoisotopic (exact) mass is 339 g/mol. The highest BCUT2D eigenvalue weighted by Gasteiger charge is 2.36. The Morgan fingerprint density at radius 1 is 1.35 bits per heavy atom. The minimum absolute atomic E-state index is 0.00617. The van der Waals surface area contributed by atoms with E-state index in [0.717, 1.165) is 24.3 Å². The van der Waals surface area contributed by atoms with Crippen molar-refractivity contribution >= 4 is 17.7 Å². The first-order chi connectivity index (χ1) is 11.0. The van der Waals surface area contributed by atoms with Crippen molar-refractivity contribution in [1.82, 2.24) is 15.5 Å². The molecule has 2 N–H and O–H groups in total. The van der Waals surface area contributed by atoms with E-state index in [2.05, 4.69) is 29.6 Å². The highest BCUT2D eigenvalue weighted by molar-refractivity contribution is 7.99. The number of nitrogens with one attached hydrogen (secondary N) is 2. The zero-order chi connectivity index (χ0) is 16.7. The van der Waals surface area contributed by atoms with Crippen LogP contribution < -0.4 is 10.6 Å². The van der Waals surface area contributed by atoms with Crippen LogP contribution in [0.5, 0.6) is 0 Å². The van der Waals surface area contributed by atoms with Gasteiger partial charge >= 0.3 is 0 Å². The normalized spacial score (nSPS) is 20.9. The first-order valence-electron chi connectivity index (χ1n) is 7.99. The standard InChI is InChI=1S/C17H26FN3OS/c1-21(2)17(8-10-23-13-17)12-19-11-16(22)20-9-7-14-3-5-15(18)6-4-14/h3-6,19H,7-13H2,1-2H3,(H,20,22)/t17-/m0/s1. The molecule has 1 aliphatic heterocycles. The van der Waals surface area contributed by atoms with Crippen LogP contribution in [-0.4, -0.2) is 61.6 Å². The van der Waals surface area contributed by atoms with Gasteiger partial charge in [-0.2, -0.15) is 11.8 Å². The van der Waals surface area contributed by atoms with Crippen LogP contribution in [0.25, 0.3) is 0 Å². The smallest absolute Gasteiger partial charge is 0.233 e. The molecule has 0 saturated carbocycles. The van der Waals surface area contributed by atoms with Gasteiger partial charge in [0.05, 0.1) is 6.54 Å². The van der Waals surface area contributed by atoms with Crippen LogP contribution in [0.2, 0.25) is 0 Å². The molecule has 128 valence electrons. The lowest BCUT2D eigenvalue weighted by Gasteiger charge is -2.35. The van der Waals surface area contributed by atoms with Crippen molar-refractivity contribution in [3.8, 4) is 0 Å². The summed E-state index contributed by atoms with van der Waals surface area (Å²) in [6, 6.07) is 6.38. The van der Waals surface area contributed by atoms with Gasteiger partial charge in [0.15, 0.2) is 0 Å². The van der Waals surface area contributed by atoms with Gasteiger partial charge in [0.1, 0.15) is 5.82 Å². The highest BCUT2D eigenvalue weighted by Crippen LogP contribution is 2.31. The van der Waals surface area contributed by atoms with Crippen molar-refractivity contribution in [2.24, 2.45) is 0 Å². The van der Waals surface area contributed by atoms with Gasteiger partial charge in [0.25, 0.3) is 0 Å². The van der Waals surface area contributed by atoms with Crippen molar-refractivity contribution in [3.05, 3.63) is 35.6 Å². The lowest BCUT2D eigenvalue weighted by molar-refractivity contribution is -0.120. The van der Waals surface area contributed by atoms with E-state index in [1.807, 2.05) is 11.8 Å². The van der Waals surface area contributed by atoms with Crippen LogP contribution in [0.15, 0.2) is 24.3 Å². The topological polar surface area (TPSA) is 44.4 Å². The fraction of sp³-hybridized carbons (Fsp3) is 0.588. The van der Waals surface area contributed by atoms with Crippen LogP contribution in [0.3, 0.4) is 0 Å².